The normalized spacial score (nSPS) is 15.9. The van der Waals surface area contributed by atoms with Crippen molar-refractivity contribution in [3.63, 3.8) is 0 Å². The molecule has 1 aliphatic rings. The van der Waals surface area contributed by atoms with Crippen LogP contribution in [0.4, 0.5) is 5.69 Å². The molecule has 25 heavy (non-hydrogen) atoms. The predicted octanol–water partition coefficient (Wildman–Crippen LogP) is 1.48. The van der Waals surface area contributed by atoms with Crippen LogP contribution in [0.5, 0.6) is 0 Å². The van der Waals surface area contributed by atoms with Crippen LogP contribution in [0.25, 0.3) is 0 Å². The smallest absolute Gasteiger partial charge is 0.243 e. The zero-order valence-corrected chi connectivity index (χ0v) is 15.9. The van der Waals surface area contributed by atoms with Crippen molar-refractivity contribution in [2.45, 2.75) is 12.8 Å². The number of anilines is 1. The number of hydrogen-bond donors (Lipinski definition) is 1. The average molecular weight is 408 g/mol. The lowest BCUT2D eigenvalue weighted by Gasteiger charge is -2.32. The Bertz CT molecular complexity index is 777. The Balaban J connectivity index is 2.14. The van der Waals surface area contributed by atoms with Gasteiger partial charge < -0.3 is 10.6 Å². The number of piperidine rings is 1. The first kappa shape index (κ1) is 19.8. The summed E-state index contributed by atoms with van der Waals surface area (Å²) in [5, 5.41) is 0.487. The minimum Gasteiger partial charge on any atom is -0.369 e. The van der Waals surface area contributed by atoms with Gasteiger partial charge in [0.25, 0.3) is 0 Å². The fraction of sp³-hybridized carbons (Fsp3) is 0.467. The molecule has 2 N–H and O–H groups in total. The molecule has 1 aliphatic heterocycles. The third-order valence-electron chi connectivity index (χ3n) is 4.12. The Kier molecular flexibility index (Phi) is 6.18. The van der Waals surface area contributed by atoms with Crippen molar-refractivity contribution in [2.75, 3.05) is 30.2 Å². The number of rotatable bonds is 5. The van der Waals surface area contributed by atoms with Gasteiger partial charge in [-0.05, 0) is 31.0 Å². The van der Waals surface area contributed by atoms with E-state index >= 15 is 0 Å². The summed E-state index contributed by atoms with van der Waals surface area (Å²) in [6.45, 7) is 0.384. The zero-order chi connectivity index (χ0) is 18.8. The van der Waals surface area contributed by atoms with Crippen molar-refractivity contribution in [3.05, 3.63) is 28.2 Å². The summed E-state index contributed by atoms with van der Waals surface area (Å²) in [5.41, 5.74) is 5.54. The Labute approximate surface area is 156 Å². The van der Waals surface area contributed by atoms with E-state index in [0.717, 1.165) is 10.6 Å². The maximum absolute atomic E-state index is 12.5. The van der Waals surface area contributed by atoms with Crippen molar-refractivity contribution in [1.82, 2.24) is 4.90 Å². The van der Waals surface area contributed by atoms with Gasteiger partial charge in [-0.2, -0.15) is 0 Å². The first-order chi connectivity index (χ1) is 11.6. The zero-order valence-electron chi connectivity index (χ0n) is 13.6. The third-order valence-corrected chi connectivity index (χ3v) is 6.00. The second kappa shape index (κ2) is 7.80. The molecule has 1 aromatic rings. The molecule has 0 spiro atoms. The summed E-state index contributed by atoms with van der Waals surface area (Å²) in [6, 6.07) is 4.36. The molecule has 1 saturated heterocycles. The van der Waals surface area contributed by atoms with E-state index in [4.69, 9.17) is 28.9 Å². The third kappa shape index (κ3) is 4.99. The van der Waals surface area contributed by atoms with Crippen LogP contribution in [0.2, 0.25) is 10.0 Å². The number of halogens is 2. The molecule has 138 valence electrons. The lowest BCUT2D eigenvalue weighted by molar-refractivity contribution is -0.133. The van der Waals surface area contributed by atoms with Crippen LogP contribution in [0, 0.1) is 5.92 Å². The van der Waals surface area contributed by atoms with Crippen LogP contribution in [0.3, 0.4) is 0 Å². The Morgan fingerprint density at radius 1 is 1.24 bits per heavy atom. The van der Waals surface area contributed by atoms with Gasteiger partial charge in [0.1, 0.15) is 6.54 Å². The fourth-order valence-electron chi connectivity index (χ4n) is 2.68. The van der Waals surface area contributed by atoms with E-state index in [1.807, 2.05) is 0 Å². The number of carbonyl (C=O) groups excluding carboxylic acids is 2. The van der Waals surface area contributed by atoms with E-state index in [1.165, 1.54) is 23.1 Å². The predicted molar refractivity (Wildman–Crippen MR) is 97.2 cm³/mol. The summed E-state index contributed by atoms with van der Waals surface area (Å²) < 4.78 is 25.2. The molecule has 1 aromatic carbocycles. The van der Waals surface area contributed by atoms with Crippen molar-refractivity contribution in [3.8, 4) is 0 Å². The summed E-state index contributed by atoms with van der Waals surface area (Å²) in [5.74, 6) is -0.967. The number of likely N-dealkylation sites (tertiary alicyclic amines) is 1. The molecule has 2 amide bonds. The Morgan fingerprint density at radius 2 is 1.84 bits per heavy atom. The highest BCUT2D eigenvalue weighted by Crippen LogP contribution is 2.28. The Morgan fingerprint density at radius 3 is 2.32 bits per heavy atom. The molecule has 0 atom stereocenters. The highest BCUT2D eigenvalue weighted by Gasteiger charge is 2.29. The minimum atomic E-state index is -3.70. The molecule has 0 saturated carbocycles. The molecule has 2 rings (SSSR count). The van der Waals surface area contributed by atoms with Gasteiger partial charge in [-0.15, -0.1) is 0 Å². The van der Waals surface area contributed by atoms with Gasteiger partial charge in [0.05, 0.1) is 22.0 Å². The first-order valence-electron chi connectivity index (χ1n) is 7.59. The molecule has 1 fully saturated rings. The number of primary amides is 1. The largest absolute Gasteiger partial charge is 0.369 e. The van der Waals surface area contributed by atoms with Gasteiger partial charge in [0.2, 0.25) is 21.8 Å². The number of nitrogens with two attached hydrogens (primary N) is 1. The molecule has 0 unspecified atom stereocenters. The molecule has 0 bridgehead atoms. The number of amides is 2. The van der Waals surface area contributed by atoms with Crippen LogP contribution >= 0.6 is 23.2 Å². The first-order valence-corrected chi connectivity index (χ1v) is 10.2. The van der Waals surface area contributed by atoms with Gasteiger partial charge in [-0.25, -0.2) is 8.42 Å². The van der Waals surface area contributed by atoms with E-state index in [1.54, 1.807) is 0 Å². The number of hydrogen-bond acceptors (Lipinski definition) is 4. The number of sulfonamides is 1. The molecule has 0 aromatic heterocycles. The monoisotopic (exact) mass is 407 g/mol. The van der Waals surface area contributed by atoms with Crippen LogP contribution in [0.1, 0.15) is 12.8 Å². The highest BCUT2D eigenvalue weighted by molar-refractivity contribution is 7.92. The lowest BCUT2D eigenvalue weighted by Crippen LogP contribution is -2.47. The number of benzene rings is 1. The van der Waals surface area contributed by atoms with E-state index in [9.17, 15) is 18.0 Å². The van der Waals surface area contributed by atoms with Gasteiger partial charge in [-0.1, -0.05) is 23.2 Å². The van der Waals surface area contributed by atoms with Crippen LogP contribution in [-0.4, -0.2) is 51.0 Å². The van der Waals surface area contributed by atoms with Gasteiger partial charge in [0, 0.05) is 19.0 Å². The Hall–Kier alpha value is -1.51. The van der Waals surface area contributed by atoms with Crippen molar-refractivity contribution >= 4 is 50.7 Å². The highest BCUT2D eigenvalue weighted by atomic mass is 35.5. The van der Waals surface area contributed by atoms with Gasteiger partial charge >= 0.3 is 0 Å². The second-order valence-corrected chi connectivity index (χ2v) is 8.65. The molecular weight excluding hydrogens is 389 g/mol. The van der Waals surface area contributed by atoms with E-state index in [-0.39, 0.29) is 35.0 Å². The van der Waals surface area contributed by atoms with E-state index < -0.39 is 10.0 Å². The standard InChI is InChI=1S/C15H19Cl2N3O4S/c1-25(23,24)20(11-2-3-12(16)13(17)8-11)9-14(21)19-6-4-10(5-7-19)15(18)22/h2-3,8,10H,4-7,9H2,1H3,(H2,18,22). The summed E-state index contributed by atoms with van der Waals surface area (Å²) >= 11 is 11.8. The molecule has 10 heteroatoms. The maximum atomic E-state index is 12.5. The molecule has 0 aliphatic carbocycles. The second-order valence-electron chi connectivity index (χ2n) is 5.93. The average Bonchev–Trinajstić information content (AvgIpc) is 2.54. The fourth-order valence-corrected chi connectivity index (χ4v) is 3.81. The van der Waals surface area contributed by atoms with E-state index in [2.05, 4.69) is 0 Å². The summed E-state index contributed by atoms with van der Waals surface area (Å²) in [4.78, 5) is 25.2. The van der Waals surface area contributed by atoms with Crippen molar-refractivity contribution in [1.29, 1.82) is 0 Å². The topological polar surface area (TPSA) is 101 Å². The van der Waals surface area contributed by atoms with Crippen LogP contribution in [-0.2, 0) is 19.6 Å². The summed E-state index contributed by atoms with van der Waals surface area (Å²) in [6.07, 6.45) is 1.97. The minimum absolute atomic E-state index is 0.197. The molecule has 0 radical (unpaired) electrons. The molecule has 1 heterocycles. The van der Waals surface area contributed by atoms with Gasteiger partial charge in [-0.3, -0.25) is 13.9 Å². The molecular formula is C15H19Cl2N3O4S. The SMILES string of the molecule is CS(=O)(=O)N(CC(=O)N1CCC(C(N)=O)CC1)c1ccc(Cl)c(Cl)c1. The van der Waals surface area contributed by atoms with E-state index in [0.29, 0.717) is 31.0 Å². The maximum Gasteiger partial charge on any atom is 0.243 e. The number of nitrogens with zero attached hydrogens (tertiary/aromatic N) is 2. The van der Waals surface area contributed by atoms with Crippen molar-refractivity contribution in [2.24, 2.45) is 11.7 Å². The van der Waals surface area contributed by atoms with Crippen LogP contribution in [0.15, 0.2) is 18.2 Å². The number of carbonyl (C=O) groups is 2. The van der Waals surface area contributed by atoms with Crippen LogP contribution < -0.4 is 10.0 Å². The van der Waals surface area contributed by atoms with Crippen molar-refractivity contribution < 1.29 is 18.0 Å². The molecule has 7 nitrogen and oxygen atoms in total. The lowest BCUT2D eigenvalue weighted by atomic mass is 9.96. The van der Waals surface area contributed by atoms with Gasteiger partial charge in [0.15, 0.2) is 0 Å². The summed E-state index contributed by atoms with van der Waals surface area (Å²) in [7, 11) is -3.70. The quantitative estimate of drug-likeness (QED) is 0.798.